The predicted octanol–water partition coefficient (Wildman–Crippen LogP) is 2.55. The van der Waals surface area contributed by atoms with Crippen molar-refractivity contribution in [1.29, 1.82) is 0 Å². The van der Waals surface area contributed by atoms with Crippen molar-refractivity contribution in [2.75, 3.05) is 20.2 Å². The van der Waals surface area contributed by atoms with Crippen molar-refractivity contribution >= 4 is 16.7 Å². The molecule has 0 spiro atoms. The minimum absolute atomic E-state index is 0.0874. The maximum absolute atomic E-state index is 12.5. The summed E-state index contributed by atoms with van der Waals surface area (Å²) in [6.07, 6.45) is 0.302. The minimum Gasteiger partial charge on any atom is -0.497 e. The number of methoxy groups -OCH3 is 1. The van der Waals surface area contributed by atoms with E-state index in [9.17, 15) is 9.90 Å². The number of rotatable bonds is 3. The molecule has 1 amide bonds. The van der Waals surface area contributed by atoms with Gasteiger partial charge >= 0.3 is 0 Å². The first-order valence-corrected chi connectivity index (χ1v) is 7.63. The summed E-state index contributed by atoms with van der Waals surface area (Å²) in [5, 5.41) is 11.8. The van der Waals surface area contributed by atoms with E-state index in [4.69, 9.17) is 4.74 Å². The summed E-state index contributed by atoms with van der Waals surface area (Å²) in [5.41, 5.74) is 1.00. The number of β-amino-alcohol motifs (C(OH)–C–C–N with tert-alkyl or cyclic N) is 1. The average molecular weight is 299 g/mol. The van der Waals surface area contributed by atoms with E-state index >= 15 is 0 Å². The first kappa shape index (κ1) is 14.9. The molecule has 2 aromatic carbocycles. The number of ether oxygens (including phenoxy) is 1. The van der Waals surface area contributed by atoms with Gasteiger partial charge in [-0.25, -0.2) is 0 Å². The van der Waals surface area contributed by atoms with Gasteiger partial charge in [-0.15, -0.1) is 0 Å². The second-order valence-corrected chi connectivity index (χ2v) is 5.92. The number of likely N-dealkylation sites (tertiary alicyclic amines) is 1. The van der Waals surface area contributed by atoms with Crippen molar-refractivity contribution in [1.82, 2.24) is 4.90 Å². The minimum atomic E-state index is -0.375. The highest BCUT2D eigenvalue weighted by molar-refractivity contribution is 5.88. The SMILES string of the molecule is COc1ccc2cc([C@H](C)C(=O)N3CC[C@@H](O)C3)ccc2c1. The molecule has 0 aromatic heterocycles. The van der Waals surface area contributed by atoms with Crippen LogP contribution in [0.4, 0.5) is 0 Å². The molecule has 2 aromatic rings. The number of benzene rings is 2. The number of hydrogen-bond donors (Lipinski definition) is 1. The zero-order valence-electron chi connectivity index (χ0n) is 13.0. The second kappa shape index (κ2) is 5.97. The third kappa shape index (κ3) is 2.79. The van der Waals surface area contributed by atoms with E-state index in [1.807, 2.05) is 37.3 Å². The van der Waals surface area contributed by atoms with Gasteiger partial charge in [-0.2, -0.15) is 0 Å². The molecule has 1 heterocycles. The summed E-state index contributed by atoms with van der Waals surface area (Å²) in [5.74, 6) is 0.719. The average Bonchev–Trinajstić information content (AvgIpc) is 2.98. The monoisotopic (exact) mass is 299 g/mol. The Bertz CT molecular complexity index is 698. The van der Waals surface area contributed by atoms with E-state index in [-0.39, 0.29) is 17.9 Å². The quantitative estimate of drug-likeness (QED) is 0.947. The largest absolute Gasteiger partial charge is 0.497 e. The molecule has 1 aliphatic heterocycles. The van der Waals surface area contributed by atoms with Crippen LogP contribution in [0.2, 0.25) is 0 Å². The molecule has 22 heavy (non-hydrogen) atoms. The number of fused-ring (bicyclic) bond motifs is 1. The molecule has 3 rings (SSSR count). The molecule has 0 saturated carbocycles. The molecular weight excluding hydrogens is 278 g/mol. The Hall–Kier alpha value is -2.07. The Morgan fingerprint density at radius 3 is 2.68 bits per heavy atom. The number of carbonyl (C=O) groups excluding carboxylic acids is 1. The molecule has 0 radical (unpaired) electrons. The van der Waals surface area contributed by atoms with Gasteiger partial charge in [0.15, 0.2) is 0 Å². The standard InChI is InChI=1S/C18H21NO3/c1-12(18(21)19-8-7-16(20)11-19)13-3-4-15-10-17(22-2)6-5-14(15)9-13/h3-6,9-10,12,16,20H,7-8,11H2,1-2H3/t12-,16+/m0/s1. The third-order valence-corrected chi connectivity index (χ3v) is 4.42. The summed E-state index contributed by atoms with van der Waals surface area (Å²) < 4.78 is 5.23. The van der Waals surface area contributed by atoms with Gasteiger partial charge in [0, 0.05) is 13.1 Å². The second-order valence-electron chi connectivity index (χ2n) is 5.92. The van der Waals surface area contributed by atoms with Gasteiger partial charge in [0.05, 0.1) is 19.1 Å². The number of nitrogens with zero attached hydrogens (tertiary/aromatic N) is 1. The summed E-state index contributed by atoms with van der Waals surface area (Å²) in [4.78, 5) is 14.3. The van der Waals surface area contributed by atoms with Crippen molar-refractivity contribution in [3.63, 3.8) is 0 Å². The molecule has 1 aliphatic rings. The molecule has 116 valence electrons. The van der Waals surface area contributed by atoms with Crippen LogP contribution in [-0.2, 0) is 4.79 Å². The lowest BCUT2D eigenvalue weighted by atomic mass is 9.96. The van der Waals surface area contributed by atoms with Gasteiger partial charge in [0.25, 0.3) is 0 Å². The van der Waals surface area contributed by atoms with Crippen LogP contribution in [-0.4, -0.2) is 42.2 Å². The normalized spacial score (nSPS) is 19.4. The van der Waals surface area contributed by atoms with Crippen molar-refractivity contribution < 1.29 is 14.6 Å². The van der Waals surface area contributed by atoms with E-state index in [1.165, 1.54) is 0 Å². The van der Waals surface area contributed by atoms with Gasteiger partial charge in [0.1, 0.15) is 5.75 Å². The lowest BCUT2D eigenvalue weighted by Crippen LogP contribution is -2.33. The van der Waals surface area contributed by atoms with Crippen molar-refractivity contribution in [2.45, 2.75) is 25.4 Å². The number of aliphatic hydroxyl groups excluding tert-OH is 1. The molecule has 1 N–H and O–H groups in total. The Labute approximate surface area is 130 Å². The molecule has 0 aliphatic carbocycles. The molecule has 0 unspecified atom stereocenters. The summed E-state index contributed by atoms with van der Waals surface area (Å²) >= 11 is 0. The van der Waals surface area contributed by atoms with Crippen molar-refractivity contribution in [3.05, 3.63) is 42.0 Å². The van der Waals surface area contributed by atoms with Crippen LogP contribution in [0, 0.1) is 0 Å². The smallest absolute Gasteiger partial charge is 0.229 e. The molecule has 1 fully saturated rings. The zero-order valence-corrected chi connectivity index (χ0v) is 13.0. The van der Waals surface area contributed by atoms with Crippen LogP contribution < -0.4 is 4.74 Å². The van der Waals surface area contributed by atoms with Crippen LogP contribution in [0.1, 0.15) is 24.8 Å². The van der Waals surface area contributed by atoms with Crippen LogP contribution in [0.3, 0.4) is 0 Å². The van der Waals surface area contributed by atoms with Crippen molar-refractivity contribution in [2.24, 2.45) is 0 Å². The molecule has 4 nitrogen and oxygen atoms in total. The van der Waals surface area contributed by atoms with Gasteiger partial charge < -0.3 is 14.7 Å². The van der Waals surface area contributed by atoms with Gasteiger partial charge in [-0.1, -0.05) is 24.3 Å². The number of aliphatic hydroxyl groups is 1. The Kier molecular flexibility index (Phi) is 4.03. The zero-order chi connectivity index (χ0) is 15.7. The Balaban J connectivity index is 1.84. The topological polar surface area (TPSA) is 49.8 Å². The van der Waals surface area contributed by atoms with Crippen LogP contribution in [0.15, 0.2) is 36.4 Å². The van der Waals surface area contributed by atoms with Crippen LogP contribution >= 0.6 is 0 Å². The number of carbonyl (C=O) groups is 1. The fourth-order valence-electron chi connectivity index (χ4n) is 3.00. The first-order chi connectivity index (χ1) is 10.6. The Morgan fingerprint density at radius 2 is 2.00 bits per heavy atom. The van der Waals surface area contributed by atoms with E-state index in [1.54, 1.807) is 12.0 Å². The molecule has 0 bridgehead atoms. The fraction of sp³-hybridized carbons (Fsp3) is 0.389. The predicted molar refractivity (Wildman–Crippen MR) is 86.1 cm³/mol. The van der Waals surface area contributed by atoms with Crippen LogP contribution in [0.25, 0.3) is 10.8 Å². The molecule has 1 saturated heterocycles. The van der Waals surface area contributed by atoms with E-state index < -0.39 is 0 Å². The highest BCUT2D eigenvalue weighted by Crippen LogP contribution is 2.27. The van der Waals surface area contributed by atoms with E-state index in [0.717, 1.165) is 22.1 Å². The maximum Gasteiger partial charge on any atom is 0.229 e. The highest BCUT2D eigenvalue weighted by atomic mass is 16.5. The summed E-state index contributed by atoms with van der Waals surface area (Å²) in [6.45, 7) is 3.03. The third-order valence-electron chi connectivity index (χ3n) is 4.42. The fourth-order valence-corrected chi connectivity index (χ4v) is 3.00. The molecule has 2 atom stereocenters. The van der Waals surface area contributed by atoms with Gasteiger partial charge in [-0.05, 0) is 41.8 Å². The first-order valence-electron chi connectivity index (χ1n) is 7.63. The van der Waals surface area contributed by atoms with Crippen LogP contribution in [0.5, 0.6) is 5.75 Å². The van der Waals surface area contributed by atoms with Crippen molar-refractivity contribution in [3.8, 4) is 5.75 Å². The van der Waals surface area contributed by atoms with Gasteiger partial charge in [0.2, 0.25) is 5.91 Å². The molecule has 4 heteroatoms. The Morgan fingerprint density at radius 1 is 1.27 bits per heavy atom. The van der Waals surface area contributed by atoms with E-state index in [0.29, 0.717) is 19.5 Å². The highest BCUT2D eigenvalue weighted by Gasteiger charge is 2.28. The number of hydrogen-bond acceptors (Lipinski definition) is 3. The van der Waals surface area contributed by atoms with Gasteiger partial charge in [-0.3, -0.25) is 4.79 Å². The maximum atomic E-state index is 12.5. The van der Waals surface area contributed by atoms with E-state index in [2.05, 4.69) is 6.07 Å². The molecular formula is C18H21NO3. The summed E-state index contributed by atoms with van der Waals surface area (Å²) in [6, 6.07) is 12.0. The summed E-state index contributed by atoms with van der Waals surface area (Å²) in [7, 11) is 1.65. The lowest BCUT2D eigenvalue weighted by molar-refractivity contribution is -0.131. The number of amides is 1. The lowest BCUT2D eigenvalue weighted by Gasteiger charge is -2.21.